The van der Waals surface area contributed by atoms with Gasteiger partial charge in [-0.1, -0.05) is 11.8 Å². The van der Waals surface area contributed by atoms with Crippen molar-refractivity contribution in [2.75, 3.05) is 6.61 Å². The van der Waals surface area contributed by atoms with Gasteiger partial charge in [0.15, 0.2) is 0 Å². The molecule has 2 heterocycles. The van der Waals surface area contributed by atoms with Crippen molar-refractivity contribution in [3.05, 3.63) is 33.4 Å². The Morgan fingerprint density at radius 1 is 1.45 bits per heavy atom. The first-order chi connectivity index (χ1) is 10.4. The van der Waals surface area contributed by atoms with Gasteiger partial charge in [-0.05, 0) is 17.9 Å². The number of hydrogen-bond acceptors (Lipinski definition) is 5. The van der Waals surface area contributed by atoms with E-state index in [9.17, 15) is 19.5 Å². The summed E-state index contributed by atoms with van der Waals surface area (Å²) in [4.78, 5) is 36.1. The van der Waals surface area contributed by atoms with E-state index in [4.69, 9.17) is 5.11 Å². The van der Waals surface area contributed by atoms with Gasteiger partial charge in [-0.2, -0.15) is 0 Å². The second-order valence-corrected chi connectivity index (χ2v) is 5.95. The van der Waals surface area contributed by atoms with Crippen LogP contribution in [-0.4, -0.2) is 45.5 Å². The minimum absolute atomic E-state index is 0.0260. The number of fused-ring (bicyclic) bond motifs is 1. The predicted octanol–water partition coefficient (Wildman–Crippen LogP) is 0.546. The second kappa shape index (κ2) is 6.37. The largest absolute Gasteiger partial charge is 0.477 e. The predicted molar refractivity (Wildman–Crippen MR) is 80.2 cm³/mol. The van der Waals surface area contributed by atoms with E-state index in [0.717, 1.165) is 11.8 Å². The third-order valence-electron chi connectivity index (χ3n) is 3.44. The molecule has 0 aromatic heterocycles. The molecule has 22 heavy (non-hydrogen) atoms. The Kier molecular flexibility index (Phi) is 4.72. The van der Waals surface area contributed by atoms with Crippen LogP contribution in [0.5, 0.6) is 0 Å². The molecule has 1 saturated heterocycles. The van der Waals surface area contributed by atoms with Crippen molar-refractivity contribution in [1.82, 2.24) is 10.2 Å². The van der Waals surface area contributed by atoms with Crippen LogP contribution in [0.1, 0.15) is 20.3 Å². The van der Waals surface area contributed by atoms with Gasteiger partial charge in [0, 0.05) is 30.0 Å². The number of carbonyl (C=O) groups is 3. The highest BCUT2D eigenvalue weighted by atomic mass is 32.2. The highest BCUT2D eigenvalue weighted by Crippen LogP contribution is 2.46. The Morgan fingerprint density at radius 2 is 2.14 bits per heavy atom. The summed E-state index contributed by atoms with van der Waals surface area (Å²) in [6.07, 6.45) is 1.82. The van der Waals surface area contributed by atoms with Gasteiger partial charge in [0.2, 0.25) is 5.91 Å². The van der Waals surface area contributed by atoms with E-state index in [2.05, 4.69) is 5.32 Å². The van der Waals surface area contributed by atoms with Crippen molar-refractivity contribution in [3.8, 4) is 0 Å². The van der Waals surface area contributed by atoms with Crippen molar-refractivity contribution in [2.45, 2.75) is 26.3 Å². The number of hydrogen-bond donors (Lipinski definition) is 3. The van der Waals surface area contributed by atoms with E-state index in [1.807, 2.05) is 0 Å². The molecule has 0 saturated carbocycles. The van der Waals surface area contributed by atoms with Gasteiger partial charge >= 0.3 is 5.97 Å². The lowest BCUT2D eigenvalue weighted by molar-refractivity contribution is -0.142. The summed E-state index contributed by atoms with van der Waals surface area (Å²) in [6, 6.07) is -0.317. The van der Waals surface area contributed by atoms with Crippen LogP contribution in [0.3, 0.4) is 0 Å². The zero-order chi connectivity index (χ0) is 16.4. The average Bonchev–Trinajstić information content (AvgIpc) is 2.78. The first-order valence-corrected chi connectivity index (χ1v) is 7.45. The lowest BCUT2D eigenvalue weighted by Crippen LogP contribution is -2.53. The van der Waals surface area contributed by atoms with Crippen molar-refractivity contribution in [1.29, 1.82) is 0 Å². The zero-order valence-corrected chi connectivity index (χ0v) is 12.9. The van der Waals surface area contributed by atoms with Gasteiger partial charge in [0.05, 0.1) is 12.6 Å². The molecule has 0 aliphatic carbocycles. The number of β-lactam (4-membered cyclic amide) rings is 1. The molecular formula is C14H16N2O5S. The Labute approximate surface area is 131 Å². The number of aliphatic hydroxyl groups is 1. The van der Waals surface area contributed by atoms with Crippen LogP contribution < -0.4 is 5.32 Å². The molecular weight excluding hydrogens is 308 g/mol. The molecule has 1 fully saturated rings. The lowest BCUT2D eigenvalue weighted by Gasteiger charge is -2.39. The fourth-order valence-electron chi connectivity index (χ4n) is 2.48. The highest BCUT2D eigenvalue weighted by Gasteiger charge is 2.52. The Bertz CT molecular complexity index is 635. The SMILES string of the molecule is CC(=O)N/C=C/SC1=C(C(=O)O)N2C(=O)/C(=C(\C)CO)[C@@H]2C1. The Balaban J connectivity index is 2.20. The molecule has 3 N–H and O–H groups in total. The summed E-state index contributed by atoms with van der Waals surface area (Å²) in [5.41, 5.74) is 1.03. The molecule has 0 aromatic carbocycles. The van der Waals surface area contributed by atoms with E-state index < -0.39 is 5.97 Å². The van der Waals surface area contributed by atoms with Crippen molar-refractivity contribution >= 4 is 29.5 Å². The molecule has 2 amide bonds. The van der Waals surface area contributed by atoms with Crippen molar-refractivity contribution in [3.63, 3.8) is 0 Å². The third-order valence-corrected chi connectivity index (χ3v) is 4.36. The van der Waals surface area contributed by atoms with Crippen molar-refractivity contribution < 1.29 is 24.6 Å². The molecule has 0 spiro atoms. The molecule has 0 radical (unpaired) electrons. The van der Waals surface area contributed by atoms with Gasteiger partial charge < -0.3 is 15.5 Å². The molecule has 0 unspecified atom stereocenters. The zero-order valence-electron chi connectivity index (χ0n) is 12.1. The fourth-order valence-corrected chi connectivity index (χ4v) is 3.33. The maximum absolute atomic E-state index is 12.1. The lowest BCUT2D eigenvalue weighted by atomic mass is 9.90. The number of aliphatic hydroxyl groups excluding tert-OH is 1. The maximum Gasteiger partial charge on any atom is 0.353 e. The third kappa shape index (κ3) is 2.79. The summed E-state index contributed by atoms with van der Waals surface area (Å²) in [5, 5.41) is 22.5. The summed E-state index contributed by atoms with van der Waals surface area (Å²) < 4.78 is 0. The molecule has 2 aliphatic heterocycles. The second-order valence-electron chi connectivity index (χ2n) is 4.95. The first kappa shape index (κ1) is 16.3. The summed E-state index contributed by atoms with van der Waals surface area (Å²) >= 11 is 1.16. The Hall–Kier alpha value is -2.06. The first-order valence-electron chi connectivity index (χ1n) is 6.57. The van der Waals surface area contributed by atoms with Gasteiger partial charge in [0.1, 0.15) is 5.70 Å². The number of thioether (sulfide) groups is 1. The highest BCUT2D eigenvalue weighted by molar-refractivity contribution is 8.05. The van der Waals surface area contributed by atoms with Gasteiger partial charge in [0.25, 0.3) is 5.91 Å². The summed E-state index contributed by atoms with van der Waals surface area (Å²) in [5.74, 6) is -1.75. The molecule has 2 rings (SSSR count). The average molecular weight is 324 g/mol. The molecule has 8 heteroatoms. The number of aliphatic carboxylic acids is 1. The molecule has 0 aromatic rings. The maximum atomic E-state index is 12.1. The number of amides is 2. The molecule has 118 valence electrons. The summed E-state index contributed by atoms with van der Waals surface area (Å²) in [6.45, 7) is 2.80. The van der Waals surface area contributed by atoms with Gasteiger partial charge in [-0.25, -0.2) is 4.79 Å². The van der Waals surface area contributed by atoms with Crippen LogP contribution in [-0.2, 0) is 14.4 Å². The number of carboxylic acid groups (broad SMARTS) is 1. The normalized spacial score (nSPS) is 22.8. The van der Waals surface area contributed by atoms with E-state index in [1.54, 1.807) is 12.3 Å². The quantitative estimate of drug-likeness (QED) is 0.503. The van der Waals surface area contributed by atoms with E-state index in [-0.39, 0.29) is 30.2 Å². The number of rotatable bonds is 5. The van der Waals surface area contributed by atoms with Crippen LogP contribution in [0.4, 0.5) is 0 Å². The van der Waals surface area contributed by atoms with E-state index in [1.165, 1.54) is 18.0 Å². The minimum Gasteiger partial charge on any atom is -0.477 e. The van der Waals surface area contributed by atoms with Gasteiger partial charge in [-0.15, -0.1) is 0 Å². The number of carbonyl (C=O) groups excluding carboxylic acids is 2. The van der Waals surface area contributed by atoms with Crippen LogP contribution in [0.25, 0.3) is 0 Å². The summed E-state index contributed by atoms with van der Waals surface area (Å²) in [7, 11) is 0. The van der Waals surface area contributed by atoms with Crippen LogP contribution in [0.2, 0.25) is 0 Å². The molecule has 7 nitrogen and oxygen atoms in total. The topological polar surface area (TPSA) is 107 Å². The number of nitrogens with zero attached hydrogens (tertiary/aromatic N) is 1. The standard InChI is InChI=1S/C14H16N2O5S/c1-7(6-17)11-9-5-10(22-4-3-15-8(2)18)12(14(20)21)16(9)13(11)19/h3-4,9,17H,5-6H2,1-2H3,(H,15,18)(H,20,21)/b4-3+,11-7+/t9-/m0/s1. The van der Waals surface area contributed by atoms with E-state index in [0.29, 0.717) is 22.5 Å². The monoisotopic (exact) mass is 324 g/mol. The fraction of sp³-hybridized carbons (Fsp3) is 0.357. The van der Waals surface area contributed by atoms with Crippen LogP contribution in [0, 0.1) is 0 Å². The Morgan fingerprint density at radius 3 is 2.68 bits per heavy atom. The molecule has 1 atom stereocenters. The van der Waals surface area contributed by atoms with Crippen molar-refractivity contribution in [2.24, 2.45) is 0 Å². The van der Waals surface area contributed by atoms with E-state index >= 15 is 0 Å². The van der Waals surface area contributed by atoms with Crippen LogP contribution in [0.15, 0.2) is 33.4 Å². The molecule has 2 aliphatic rings. The number of carboxylic acids is 1. The smallest absolute Gasteiger partial charge is 0.353 e. The van der Waals surface area contributed by atoms with Crippen LogP contribution >= 0.6 is 11.8 Å². The molecule has 0 bridgehead atoms. The minimum atomic E-state index is -1.16. The number of nitrogens with one attached hydrogen (secondary N) is 1. The van der Waals surface area contributed by atoms with Gasteiger partial charge in [-0.3, -0.25) is 14.5 Å².